The van der Waals surface area contributed by atoms with Crippen LogP contribution < -0.4 is 10.6 Å². The molecule has 2 amide bonds. The number of amides is 2. The first-order valence-corrected chi connectivity index (χ1v) is 7.32. The van der Waals surface area contributed by atoms with Crippen LogP contribution in [0.1, 0.15) is 39.3 Å². The van der Waals surface area contributed by atoms with Crippen molar-refractivity contribution in [3.05, 3.63) is 29.8 Å². The summed E-state index contributed by atoms with van der Waals surface area (Å²) in [4.78, 5) is 13.9. The Morgan fingerprint density at radius 1 is 1.43 bits per heavy atom. The average molecular weight is 293 g/mol. The molecule has 3 N–H and O–H groups in total. The van der Waals surface area contributed by atoms with Gasteiger partial charge in [-0.1, -0.05) is 12.1 Å². The van der Waals surface area contributed by atoms with E-state index in [9.17, 15) is 9.90 Å². The first-order valence-electron chi connectivity index (χ1n) is 7.32. The molecule has 0 aliphatic heterocycles. The second-order valence-electron chi connectivity index (χ2n) is 5.89. The third kappa shape index (κ3) is 5.73. The lowest BCUT2D eigenvalue weighted by atomic mass is 10.1. The van der Waals surface area contributed by atoms with Gasteiger partial charge in [0.25, 0.3) is 0 Å². The van der Waals surface area contributed by atoms with Crippen molar-refractivity contribution in [2.45, 2.75) is 39.3 Å². The monoisotopic (exact) mass is 293 g/mol. The van der Waals surface area contributed by atoms with Gasteiger partial charge in [0.15, 0.2) is 0 Å². The van der Waals surface area contributed by atoms with E-state index in [1.807, 2.05) is 38.2 Å². The van der Waals surface area contributed by atoms with Crippen molar-refractivity contribution in [2.75, 3.05) is 25.5 Å². The zero-order chi connectivity index (χ0) is 16.0. The maximum Gasteiger partial charge on any atom is 0.321 e. The third-order valence-corrected chi connectivity index (χ3v) is 3.32. The minimum atomic E-state index is -0.907. The molecule has 0 saturated heterocycles. The van der Waals surface area contributed by atoms with Crippen molar-refractivity contribution in [1.82, 2.24) is 10.2 Å². The number of nitrogens with zero attached hydrogens (tertiary/aromatic N) is 1. The van der Waals surface area contributed by atoms with Crippen LogP contribution >= 0.6 is 0 Å². The molecule has 0 aromatic heterocycles. The second kappa shape index (κ2) is 7.43. The van der Waals surface area contributed by atoms with Crippen molar-refractivity contribution in [1.29, 1.82) is 0 Å². The van der Waals surface area contributed by atoms with E-state index in [0.717, 1.165) is 11.3 Å². The molecule has 0 bridgehead atoms. The second-order valence-corrected chi connectivity index (χ2v) is 5.89. The summed E-state index contributed by atoms with van der Waals surface area (Å²) in [5, 5.41) is 15.9. The number of nitrogens with one attached hydrogen (secondary N) is 2. The summed E-state index contributed by atoms with van der Waals surface area (Å²) in [7, 11) is 1.90. The highest BCUT2D eigenvalue weighted by molar-refractivity contribution is 5.89. The number of aliphatic hydroxyl groups is 1. The molecule has 5 nitrogen and oxygen atoms in total. The molecular formula is C16H27N3O2. The molecule has 118 valence electrons. The summed E-state index contributed by atoms with van der Waals surface area (Å²) in [5.74, 6) is 0. The number of urea groups is 1. The molecule has 5 heteroatoms. The number of anilines is 1. The van der Waals surface area contributed by atoms with Crippen molar-refractivity contribution in [3.8, 4) is 0 Å². The van der Waals surface area contributed by atoms with Crippen LogP contribution in [0.15, 0.2) is 24.3 Å². The predicted octanol–water partition coefficient (Wildman–Crippen LogP) is 2.59. The Kier molecular flexibility index (Phi) is 6.18. The number of likely N-dealkylation sites (N-methyl/N-ethyl adjacent to an activating group) is 1. The van der Waals surface area contributed by atoms with Crippen molar-refractivity contribution in [3.63, 3.8) is 0 Å². The van der Waals surface area contributed by atoms with E-state index in [2.05, 4.69) is 17.6 Å². The van der Waals surface area contributed by atoms with Gasteiger partial charge in [0.1, 0.15) is 0 Å². The standard InChI is InChI=1S/C16H27N3O2/c1-6-19(11-16(3,4)21)15(20)18-14-9-7-8-13(10-14)12(2)17-5/h7-10,12,17,21H,6,11H2,1-5H3,(H,18,20). The lowest BCUT2D eigenvalue weighted by Gasteiger charge is -2.28. The summed E-state index contributed by atoms with van der Waals surface area (Å²) in [6, 6.07) is 7.78. The zero-order valence-electron chi connectivity index (χ0n) is 13.6. The van der Waals surface area contributed by atoms with E-state index >= 15 is 0 Å². The molecule has 0 aliphatic carbocycles. The zero-order valence-corrected chi connectivity index (χ0v) is 13.6. The molecule has 0 aliphatic rings. The molecule has 1 aromatic rings. The lowest BCUT2D eigenvalue weighted by molar-refractivity contribution is 0.0501. The van der Waals surface area contributed by atoms with Crippen LogP contribution in [0.5, 0.6) is 0 Å². The summed E-state index contributed by atoms with van der Waals surface area (Å²) >= 11 is 0. The van der Waals surface area contributed by atoms with Crippen LogP contribution in [0.25, 0.3) is 0 Å². The van der Waals surface area contributed by atoms with Crippen LogP contribution in [0.3, 0.4) is 0 Å². The topological polar surface area (TPSA) is 64.6 Å². The van der Waals surface area contributed by atoms with Crippen LogP contribution in [-0.4, -0.2) is 41.8 Å². The smallest absolute Gasteiger partial charge is 0.321 e. The summed E-state index contributed by atoms with van der Waals surface area (Å²) < 4.78 is 0. The average Bonchev–Trinajstić information content (AvgIpc) is 2.43. The largest absolute Gasteiger partial charge is 0.389 e. The summed E-state index contributed by atoms with van der Waals surface area (Å²) in [5.41, 5.74) is 0.963. The Morgan fingerprint density at radius 2 is 2.10 bits per heavy atom. The van der Waals surface area contributed by atoms with Crippen LogP contribution in [-0.2, 0) is 0 Å². The number of hydrogen-bond acceptors (Lipinski definition) is 3. The maximum atomic E-state index is 12.3. The number of hydrogen-bond donors (Lipinski definition) is 3. The highest BCUT2D eigenvalue weighted by Gasteiger charge is 2.21. The molecule has 0 fully saturated rings. The summed E-state index contributed by atoms with van der Waals surface area (Å²) in [6.07, 6.45) is 0. The lowest BCUT2D eigenvalue weighted by Crippen LogP contribution is -2.44. The Hall–Kier alpha value is -1.59. The van der Waals surface area contributed by atoms with Gasteiger partial charge >= 0.3 is 6.03 Å². The van der Waals surface area contributed by atoms with Crippen LogP contribution in [0.2, 0.25) is 0 Å². The molecule has 0 saturated carbocycles. The minimum absolute atomic E-state index is 0.200. The molecule has 21 heavy (non-hydrogen) atoms. The SMILES string of the molecule is CCN(CC(C)(C)O)C(=O)Nc1cccc(C(C)NC)c1. The molecule has 1 aromatic carbocycles. The van der Waals surface area contributed by atoms with Gasteiger partial charge < -0.3 is 20.6 Å². The Balaban J connectivity index is 2.77. The number of carbonyl (C=O) groups is 1. The highest BCUT2D eigenvalue weighted by atomic mass is 16.3. The number of benzene rings is 1. The van der Waals surface area contributed by atoms with E-state index in [4.69, 9.17) is 0 Å². The number of carbonyl (C=O) groups excluding carboxylic acids is 1. The Labute approximate surface area is 127 Å². The maximum absolute atomic E-state index is 12.3. The van der Waals surface area contributed by atoms with Gasteiger partial charge in [0, 0.05) is 18.3 Å². The Morgan fingerprint density at radius 3 is 2.62 bits per heavy atom. The first-order chi connectivity index (χ1) is 9.76. The van der Waals surface area contributed by atoms with Crippen LogP contribution in [0, 0.1) is 0 Å². The van der Waals surface area contributed by atoms with Crippen LogP contribution in [0.4, 0.5) is 10.5 Å². The first kappa shape index (κ1) is 17.5. The van der Waals surface area contributed by atoms with Gasteiger partial charge in [0.2, 0.25) is 0 Å². The van der Waals surface area contributed by atoms with E-state index in [1.165, 1.54) is 0 Å². The fraction of sp³-hybridized carbons (Fsp3) is 0.562. The molecule has 0 radical (unpaired) electrons. The normalized spacial score (nSPS) is 12.9. The van der Waals surface area contributed by atoms with Crippen molar-refractivity contribution in [2.24, 2.45) is 0 Å². The van der Waals surface area contributed by atoms with Gasteiger partial charge in [0.05, 0.1) is 12.1 Å². The fourth-order valence-corrected chi connectivity index (χ4v) is 2.05. The molecule has 1 unspecified atom stereocenters. The third-order valence-electron chi connectivity index (χ3n) is 3.32. The van der Waals surface area contributed by atoms with E-state index < -0.39 is 5.60 Å². The van der Waals surface area contributed by atoms with Gasteiger partial charge in [-0.15, -0.1) is 0 Å². The van der Waals surface area contributed by atoms with E-state index in [-0.39, 0.29) is 12.1 Å². The predicted molar refractivity (Wildman–Crippen MR) is 86.5 cm³/mol. The number of rotatable bonds is 6. The molecular weight excluding hydrogens is 266 g/mol. The van der Waals surface area contributed by atoms with Crippen molar-refractivity contribution >= 4 is 11.7 Å². The fourth-order valence-electron chi connectivity index (χ4n) is 2.05. The molecule has 1 atom stereocenters. The quantitative estimate of drug-likeness (QED) is 0.755. The van der Waals surface area contributed by atoms with Gasteiger partial charge in [-0.3, -0.25) is 0 Å². The Bertz CT molecular complexity index is 469. The van der Waals surface area contributed by atoms with E-state index in [1.54, 1.807) is 18.7 Å². The van der Waals surface area contributed by atoms with Gasteiger partial charge in [-0.2, -0.15) is 0 Å². The molecule has 1 rings (SSSR count). The molecule has 0 spiro atoms. The highest BCUT2D eigenvalue weighted by Crippen LogP contribution is 2.17. The summed E-state index contributed by atoms with van der Waals surface area (Å²) in [6.45, 7) is 8.18. The van der Waals surface area contributed by atoms with E-state index in [0.29, 0.717) is 13.1 Å². The van der Waals surface area contributed by atoms with Gasteiger partial charge in [-0.05, 0) is 52.4 Å². The van der Waals surface area contributed by atoms with Crippen molar-refractivity contribution < 1.29 is 9.90 Å². The van der Waals surface area contributed by atoms with Gasteiger partial charge in [-0.25, -0.2) is 4.79 Å². The molecule has 0 heterocycles. The minimum Gasteiger partial charge on any atom is -0.389 e.